The number of nitrogens with one attached hydrogen (secondary N) is 1. The number of hydrogen-bond donors (Lipinski definition) is 1. The van der Waals surface area contributed by atoms with Crippen molar-refractivity contribution in [3.8, 4) is 0 Å². The lowest BCUT2D eigenvalue weighted by Gasteiger charge is -2.23. The van der Waals surface area contributed by atoms with E-state index in [1.165, 1.54) is 0 Å². The normalized spacial score (nSPS) is 25.8. The van der Waals surface area contributed by atoms with Crippen LogP contribution in [0, 0.1) is 0 Å². The van der Waals surface area contributed by atoms with Gasteiger partial charge in [0.05, 0.1) is 12.2 Å². The highest BCUT2D eigenvalue weighted by Crippen LogP contribution is 2.19. The minimum absolute atomic E-state index is 0.164. The number of rotatable bonds is 4. The molecule has 1 aliphatic rings. The second kappa shape index (κ2) is 5.15. The Morgan fingerprint density at radius 2 is 2.06 bits per heavy atom. The maximum Gasteiger partial charge on any atom is 0.326 e. The van der Waals surface area contributed by atoms with Gasteiger partial charge >= 0.3 is 5.97 Å². The first-order valence-electron chi connectivity index (χ1n) is 5.90. The molecule has 1 aliphatic heterocycles. The van der Waals surface area contributed by atoms with Crippen LogP contribution in [0.1, 0.15) is 40.5 Å². The fraction of sp³-hybridized carbons (Fsp3) is 0.917. The second-order valence-corrected chi connectivity index (χ2v) is 5.46. The topological polar surface area (TPSA) is 47.6 Å². The van der Waals surface area contributed by atoms with Gasteiger partial charge in [-0.2, -0.15) is 0 Å². The van der Waals surface area contributed by atoms with Gasteiger partial charge in [0, 0.05) is 0 Å². The summed E-state index contributed by atoms with van der Waals surface area (Å²) >= 11 is 0. The van der Waals surface area contributed by atoms with Gasteiger partial charge in [-0.25, -0.2) is 0 Å². The van der Waals surface area contributed by atoms with E-state index in [0.29, 0.717) is 13.2 Å². The minimum Gasteiger partial charge on any atom is -0.462 e. The molecule has 16 heavy (non-hydrogen) atoms. The third-order valence-corrected chi connectivity index (χ3v) is 2.67. The molecule has 0 aromatic heterocycles. The van der Waals surface area contributed by atoms with Crippen LogP contribution in [-0.2, 0) is 14.3 Å². The summed E-state index contributed by atoms with van der Waals surface area (Å²) in [6.45, 7) is 9.51. The summed E-state index contributed by atoms with van der Waals surface area (Å²) in [4.78, 5) is 11.8. The molecule has 0 aliphatic carbocycles. The summed E-state index contributed by atoms with van der Waals surface area (Å²) < 4.78 is 10.7. The molecular weight excluding hydrogens is 206 g/mol. The summed E-state index contributed by atoms with van der Waals surface area (Å²) in [7, 11) is 0. The number of carbonyl (C=O) groups excluding carboxylic acids is 1. The van der Waals surface area contributed by atoms with Crippen LogP contribution in [0.15, 0.2) is 0 Å². The molecule has 0 bridgehead atoms. The summed E-state index contributed by atoms with van der Waals surface area (Å²) in [5.74, 6) is -0.164. The SMILES string of the molecule is CC(C)(C)OCCOC(=O)C1(C)CCCN1. The molecule has 0 radical (unpaired) electrons. The number of carbonyl (C=O) groups is 1. The van der Waals surface area contributed by atoms with Crippen molar-refractivity contribution in [1.29, 1.82) is 0 Å². The van der Waals surface area contributed by atoms with Crippen molar-refractivity contribution in [2.24, 2.45) is 0 Å². The molecule has 0 saturated carbocycles. The van der Waals surface area contributed by atoms with Crippen molar-refractivity contribution in [3.63, 3.8) is 0 Å². The van der Waals surface area contributed by atoms with E-state index in [0.717, 1.165) is 19.4 Å². The Morgan fingerprint density at radius 3 is 2.56 bits per heavy atom. The van der Waals surface area contributed by atoms with Crippen LogP contribution in [0.4, 0.5) is 0 Å². The summed E-state index contributed by atoms with van der Waals surface area (Å²) in [5, 5.41) is 3.17. The maximum atomic E-state index is 11.8. The molecule has 0 aromatic carbocycles. The molecule has 4 nitrogen and oxygen atoms in total. The van der Waals surface area contributed by atoms with Gasteiger partial charge in [0.15, 0.2) is 0 Å². The molecule has 4 heteroatoms. The fourth-order valence-corrected chi connectivity index (χ4v) is 1.71. The van der Waals surface area contributed by atoms with E-state index in [-0.39, 0.29) is 11.6 Å². The lowest BCUT2D eigenvalue weighted by atomic mass is 10.0. The van der Waals surface area contributed by atoms with E-state index in [1.54, 1.807) is 0 Å². The van der Waals surface area contributed by atoms with Gasteiger partial charge in [-0.1, -0.05) is 0 Å². The Morgan fingerprint density at radius 1 is 1.38 bits per heavy atom. The van der Waals surface area contributed by atoms with Crippen molar-refractivity contribution >= 4 is 5.97 Å². The average Bonchev–Trinajstić information content (AvgIpc) is 2.59. The van der Waals surface area contributed by atoms with Crippen LogP contribution in [0.3, 0.4) is 0 Å². The molecule has 0 amide bonds. The van der Waals surface area contributed by atoms with E-state index in [4.69, 9.17) is 9.47 Å². The maximum absolute atomic E-state index is 11.8. The van der Waals surface area contributed by atoms with Crippen LogP contribution >= 0.6 is 0 Å². The van der Waals surface area contributed by atoms with Crippen molar-refractivity contribution in [3.05, 3.63) is 0 Å². The smallest absolute Gasteiger partial charge is 0.326 e. The molecule has 94 valence electrons. The number of ether oxygens (including phenoxy) is 2. The highest BCUT2D eigenvalue weighted by Gasteiger charge is 2.37. The lowest BCUT2D eigenvalue weighted by Crippen LogP contribution is -2.46. The fourth-order valence-electron chi connectivity index (χ4n) is 1.71. The second-order valence-electron chi connectivity index (χ2n) is 5.46. The van der Waals surface area contributed by atoms with E-state index >= 15 is 0 Å². The summed E-state index contributed by atoms with van der Waals surface area (Å²) in [5.41, 5.74) is -0.663. The zero-order valence-electron chi connectivity index (χ0n) is 10.8. The first kappa shape index (κ1) is 13.5. The lowest BCUT2D eigenvalue weighted by molar-refractivity contribution is -0.153. The largest absolute Gasteiger partial charge is 0.462 e. The van der Waals surface area contributed by atoms with Crippen molar-refractivity contribution < 1.29 is 14.3 Å². The third-order valence-electron chi connectivity index (χ3n) is 2.67. The summed E-state index contributed by atoms with van der Waals surface area (Å²) in [6.07, 6.45) is 1.88. The Hall–Kier alpha value is -0.610. The average molecular weight is 229 g/mol. The van der Waals surface area contributed by atoms with Crippen LogP contribution < -0.4 is 5.32 Å². The molecule has 1 rings (SSSR count). The highest BCUT2D eigenvalue weighted by atomic mass is 16.6. The van der Waals surface area contributed by atoms with E-state index < -0.39 is 5.54 Å². The van der Waals surface area contributed by atoms with Gasteiger partial charge in [0.2, 0.25) is 0 Å². The van der Waals surface area contributed by atoms with Gasteiger partial charge in [0.25, 0.3) is 0 Å². The van der Waals surface area contributed by atoms with Gasteiger partial charge < -0.3 is 14.8 Å². The van der Waals surface area contributed by atoms with Gasteiger partial charge in [-0.15, -0.1) is 0 Å². The zero-order valence-corrected chi connectivity index (χ0v) is 10.8. The third kappa shape index (κ3) is 4.10. The van der Waals surface area contributed by atoms with Crippen molar-refractivity contribution in [1.82, 2.24) is 5.32 Å². The van der Waals surface area contributed by atoms with Crippen LogP contribution in [-0.4, -0.2) is 36.9 Å². The van der Waals surface area contributed by atoms with Crippen LogP contribution in [0.25, 0.3) is 0 Å². The van der Waals surface area contributed by atoms with Crippen LogP contribution in [0.2, 0.25) is 0 Å². The van der Waals surface area contributed by atoms with E-state index in [9.17, 15) is 4.79 Å². The predicted octanol–water partition coefficient (Wildman–Crippen LogP) is 1.49. The predicted molar refractivity (Wildman–Crippen MR) is 62.3 cm³/mol. The standard InChI is InChI=1S/C12H23NO3/c1-11(2,3)16-9-8-15-10(14)12(4)6-5-7-13-12/h13H,5-9H2,1-4H3. The summed E-state index contributed by atoms with van der Waals surface area (Å²) in [6, 6.07) is 0. The number of hydrogen-bond acceptors (Lipinski definition) is 4. The van der Waals surface area contributed by atoms with Crippen molar-refractivity contribution in [2.45, 2.75) is 51.7 Å². The first-order valence-corrected chi connectivity index (χ1v) is 5.90. The highest BCUT2D eigenvalue weighted by molar-refractivity contribution is 5.80. The molecule has 1 atom stereocenters. The van der Waals surface area contributed by atoms with Gasteiger partial charge in [0.1, 0.15) is 12.1 Å². The monoisotopic (exact) mass is 229 g/mol. The molecule has 1 N–H and O–H groups in total. The molecule has 1 saturated heterocycles. The molecule has 0 aromatic rings. The molecule has 1 fully saturated rings. The minimum atomic E-state index is -0.484. The molecule has 0 spiro atoms. The van der Waals surface area contributed by atoms with Crippen molar-refractivity contribution in [2.75, 3.05) is 19.8 Å². The van der Waals surface area contributed by atoms with Gasteiger partial charge in [-0.05, 0) is 47.1 Å². The Balaban J connectivity index is 2.20. The van der Waals surface area contributed by atoms with Crippen LogP contribution in [0.5, 0.6) is 0 Å². The molecular formula is C12H23NO3. The Bertz CT molecular complexity index is 239. The first-order chi connectivity index (χ1) is 7.33. The molecule has 1 unspecified atom stereocenters. The zero-order chi connectivity index (χ0) is 12.2. The molecule has 1 heterocycles. The van der Waals surface area contributed by atoms with Gasteiger partial charge in [-0.3, -0.25) is 4.79 Å². The van der Waals surface area contributed by atoms with E-state index in [2.05, 4.69) is 5.32 Å². The van der Waals surface area contributed by atoms with E-state index in [1.807, 2.05) is 27.7 Å². The Kier molecular flexibility index (Phi) is 4.33. The number of esters is 1. The Labute approximate surface area is 97.7 Å². The quantitative estimate of drug-likeness (QED) is 0.586.